The first-order valence-electron chi connectivity index (χ1n) is 23.8. The van der Waals surface area contributed by atoms with E-state index < -0.39 is 21.5 Å². The van der Waals surface area contributed by atoms with Crippen molar-refractivity contribution in [3.63, 3.8) is 0 Å². The Morgan fingerprint density at radius 2 is 1.61 bits per heavy atom. The molecule has 0 aliphatic rings. The fourth-order valence-electron chi connectivity index (χ4n) is 7.63. The number of nitrogens with zero attached hydrogens (tertiary/aromatic N) is 5. The third-order valence-corrected chi connectivity index (χ3v) is 12.4. The maximum atomic E-state index is 14.7. The van der Waals surface area contributed by atoms with Crippen LogP contribution in [0.25, 0.3) is 11.1 Å². The number of hydrogen-bond donors (Lipinski definition) is 5. The van der Waals surface area contributed by atoms with Gasteiger partial charge in [-0.1, -0.05) is 94.5 Å². The standard InChI is InChI=1S/C51H63ClN10O7S/c1-5-7-8-9-10-11-12-13-14-15-23-46(63)56-42-20-16-17-21-44(42)69-35-54-37-24-26-40(52)43(34-37)58-49(64)47(57-41-27-25-38(33-36(41)3)61(6-2)31-30-55-70(4,66)67)48-59-50-39(28-32-68-50)51(65)62(48)60-45-22-18-19-29-53-45/h16-22,24-29,32-34,54-55H,5-15,23,30-31,35H2,1-4H3,(H,53,60)(H,56,63)(H,58,64). The van der Waals surface area contributed by atoms with Gasteiger partial charge in [-0.05, 0) is 92.6 Å². The van der Waals surface area contributed by atoms with Crippen molar-refractivity contribution in [1.82, 2.24) is 19.4 Å². The summed E-state index contributed by atoms with van der Waals surface area (Å²) >= 11 is 6.71. The highest BCUT2D eigenvalue weighted by atomic mass is 35.5. The molecule has 0 radical (unpaired) electrons. The molecule has 0 saturated carbocycles. The minimum atomic E-state index is -3.37. The first-order valence-corrected chi connectivity index (χ1v) is 26.0. The number of amides is 2. The molecule has 0 spiro atoms. The van der Waals surface area contributed by atoms with E-state index in [1.807, 2.05) is 43.0 Å². The van der Waals surface area contributed by atoms with E-state index >= 15 is 0 Å². The van der Waals surface area contributed by atoms with Gasteiger partial charge in [0.25, 0.3) is 11.5 Å². The third kappa shape index (κ3) is 15.6. The normalized spacial score (nSPS) is 11.6. The molecule has 0 aliphatic carbocycles. The SMILES string of the molecule is CCCCCCCCCCCCC(=O)Nc1ccccc1OCNc1ccc(Cl)c(NC(=O)C(=Nc2ccc(N(CC)CCNS(C)(=O)=O)cc2C)c2nc3occc3c(=O)n2Nc2ccccn2)c1. The Balaban J connectivity index is 1.19. The maximum Gasteiger partial charge on any atom is 0.284 e. The van der Waals surface area contributed by atoms with Crippen molar-refractivity contribution in [1.29, 1.82) is 0 Å². The molecule has 0 atom stereocenters. The van der Waals surface area contributed by atoms with Crippen LogP contribution in [-0.4, -0.2) is 73.2 Å². The number of unbranched alkanes of at least 4 members (excludes halogenated alkanes) is 9. The van der Waals surface area contributed by atoms with E-state index in [4.69, 9.17) is 25.7 Å². The number of ether oxygens (including phenoxy) is 1. The van der Waals surface area contributed by atoms with Crippen molar-refractivity contribution in [2.45, 2.75) is 91.4 Å². The third-order valence-electron chi connectivity index (χ3n) is 11.4. The number of sulfonamides is 1. The lowest BCUT2D eigenvalue weighted by Gasteiger charge is -2.24. The van der Waals surface area contributed by atoms with E-state index in [0.29, 0.717) is 53.7 Å². The summed E-state index contributed by atoms with van der Waals surface area (Å²) in [6, 6.07) is 24.2. The van der Waals surface area contributed by atoms with Crippen molar-refractivity contribution in [2.75, 3.05) is 58.9 Å². The molecule has 0 saturated heterocycles. The molecule has 0 aliphatic heterocycles. The largest absolute Gasteiger partial charge is 0.471 e. The Labute approximate surface area is 414 Å². The summed E-state index contributed by atoms with van der Waals surface area (Å²) in [4.78, 5) is 57.5. The Bertz CT molecular complexity index is 2890. The number of carbonyl (C=O) groups is 2. The van der Waals surface area contributed by atoms with Gasteiger partial charge in [-0.3, -0.25) is 19.8 Å². The van der Waals surface area contributed by atoms with Crippen LogP contribution in [0.4, 0.5) is 34.3 Å². The van der Waals surface area contributed by atoms with Crippen molar-refractivity contribution in [3.05, 3.63) is 124 Å². The molecule has 19 heteroatoms. The van der Waals surface area contributed by atoms with Crippen LogP contribution in [-0.2, 0) is 19.6 Å². The number of hydrogen-bond acceptors (Lipinski definition) is 13. The highest BCUT2D eigenvalue weighted by molar-refractivity contribution is 7.88. The second-order valence-electron chi connectivity index (χ2n) is 16.8. The summed E-state index contributed by atoms with van der Waals surface area (Å²) in [6.45, 7) is 7.21. The van der Waals surface area contributed by atoms with E-state index in [2.05, 4.69) is 43.0 Å². The molecule has 6 rings (SSSR count). The minimum absolute atomic E-state index is 0.00452. The van der Waals surface area contributed by atoms with Gasteiger partial charge in [0.1, 0.15) is 17.0 Å². The first-order chi connectivity index (χ1) is 33.8. The van der Waals surface area contributed by atoms with Gasteiger partial charge in [0.15, 0.2) is 18.3 Å². The van der Waals surface area contributed by atoms with Crippen LogP contribution in [0.15, 0.2) is 112 Å². The van der Waals surface area contributed by atoms with Crippen LogP contribution < -0.4 is 41.3 Å². The molecule has 0 fully saturated rings. The lowest BCUT2D eigenvalue weighted by atomic mass is 10.1. The highest BCUT2D eigenvalue weighted by Crippen LogP contribution is 2.30. The number of aryl methyl sites for hydroxylation is 1. The first kappa shape index (κ1) is 52.6. The van der Waals surface area contributed by atoms with Crippen LogP contribution in [0.5, 0.6) is 5.75 Å². The molecule has 3 heterocycles. The topological polar surface area (TPSA) is 214 Å². The number of aromatic nitrogens is 3. The quantitative estimate of drug-likeness (QED) is 0.0176. The second kappa shape index (κ2) is 26.3. The van der Waals surface area contributed by atoms with Gasteiger partial charge >= 0.3 is 0 Å². The molecule has 6 aromatic rings. The molecule has 372 valence electrons. The molecular formula is C51H63ClN10O7S. The number of aliphatic imine (C=N–C) groups is 1. The molecule has 70 heavy (non-hydrogen) atoms. The Morgan fingerprint density at radius 3 is 2.33 bits per heavy atom. The number of halogens is 1. The van der Waals surface area contributed by atoms with Gasteiger partial charge in [-0.15, -0.1) is 0 Å². The van der Waals surface area contributed by atoms with Crippen molar-refractivity contribution in [2.24, 2.45) is 4.99 Å². The minimum Gasteiger partial charge on any atom is -0.471 e. The van der Waals surface area contributed by atoms with Crippen LogP contribution in [0, 0.1) is 6.92 Å². The van der Waals surface area contributed by atoms with E-state index in [9.17, 15) is 22.8 Å². The number of benzene rings is 3. The number of para-hydroxylation sites is 2. The number of pyridine rings is 1. The molecule has 3 aromatic heterocycles. The van der Waals surface area contributed by atoms with Crippen LogP contribution in [0.3, 0.4) is 0 Å². The number of rotatable bonds is 28. The lowest BCUT2D eigenvalue weighted by Crippen LogP contribution is -2.37. The smallest absolute Gasteiger partial charge is 0.284 e. The number of carbonyl (C=O) groups excluding carboxylic acids is 2. The molecule has 5 N–H and O–H groups in total. The summed E-state index contributed by atoms with van der Waals surface area (Å²) < 4.78 is 38.7. The number of furan rings is 1. The lowest BCUT2D eigenvalue weighted by molar-refractivity contribution is -0.116. The highest BCUT2D eigenvalue weighted by Gasteiger charge is 2.26. The average molecular weight is 996 g/mol. The van der Waals surface area contributed by atoms with Gasteiger partial charge in [-0.25, -0.2) is 23.1 Å². The van der Waals surface area contributed by atoms with E-state index in [1.165, 1.54) is 57.3 Å². The summed E-state index contributed by atoms with van der Waals surface area (Å²) in [5.74, 6) is -0.248. The number of nitrogens with one attached hydrogen (secondary N) is 5. The Morgan fingerprint density at radius 1 is 0.871 bits per heavy atom. The maximum absolute atomic E-state index is 14.7. The summed E-state index contributed by atoms with van der Waals surface area (Å²) in [6.07, 6.45) is 16.3. The second-order valence-corrected chi connectivity index (χ2v) is 19.1. The predicted octanol–water partition coefficient (Wildman–Crippen LogP) is 10.1. The summed E-state index contributed by atoms with van der Waals surface area (Å²) in [5.41, 5.74) is 5.27. The Kier molecular flexibility index (Phi) is 19.8. The van der Waals surface area contributed by atoms with Gasteiger partial charge < -0.3 is 30.0 Å². The fourth-order valence-corrected chi connectivity index (χ4v) is 8.26. The molecule has 2 amide bonds. The number of anilines is 5. The van der Waals surface area contributed by atoms with E-state index in [1.54, 1.807) is 60.8 Å². The van der Waals surface area contributed by atoms with E-state index in [0.717, 1.165) is 35.9 Å². The zero-order valence-electron chi connectivity index (χ0n) is 40.2. The molecule has 3 aromatic carbocycles. The zero-order valence-corrected chi connectivity index (χ0v) is 41.8. The van der Waals surface area contributed by atoms with Gasteiger partial charge in [-0.2, -0.15) is 9.66 Å². The monoisotopic (exact) mass is 994 g/mol. The molecular weight excluding hydrogens is 932 g/mol. The molecule has 0 bridgehead atoms. The number of likely N-dealkylation sites (N-methyl/N-ethyl adjacent to an activating group) is 1. The van der Waals surface area contributed by atoms with Crippen molar-refractivity contribution < 1.29 is 27.2 Å². The van der Waals surface area contributed by atoms with Gasteiger partial charge in [0, 0.05) is 43.6 Å². The van der Waals surface area contributed by atoms with Crippen LogP contribution in [0.1, 0.15) is 95.9 Å². The average Bonchev–Trinajstić information content (AvgIpc) is 3.82. The molecule has 0 unspecified atom stereocenters. The van der Waals surface area contributed by atoms with Crippen LogP contribution in [0.2, 0.25) is 5.02 Å². The summed E-state index contributed by atoms with van der Waals surface area (Å²) in [5, 5.41) is 9.42. The summed E-state index contributed by atoms with van der Waals surface area (Å²) in [7, 11) is -3.37. The molecule has 17 nitrogen and oxygen atoms in total. The predicted molar refractivity (Wildman–Crippen MR) is 280 cm³/mol. The van der Waals surface area contributed by atoms with Gasteiger partial charge in [0.2, 0.25) is 21.6 Å². The van der Waals surface area contributed by atoms with E-state index in [-0.39, 0.29) is 52.5 Å². The fraction of sp³-hybridized carbons (Fsp3) is 0.373. The van der Waals surface area contributed by atoms with Crippen molar-refractivity contribution in [3.8, 4) is 5.75 Å². The van der Waals surface area contributed by atoms with Crippen molar-refractivity contribution >= 4 is 84.5 Å². The van der Waals surface area contributed by atoms with Crippen LogP contribution >= 0.6 is 11.6 Å². The van der Waals surface area contributed by atoms with Gasteiger partial charge in [0.05, 0.1) is 34.6 Å². The number of fused-ring (bicyclic) bond motifs is 1. The Hall–Kier alpha value is -6.76. The zero-order chi connectivity index (χ0) is 49.9.